The molecule has 0 aliphatic carbocycles. The van der Waals surface area contributed by atoms with Crippen LogP contribution in [0.4, 0.5) is 0 Å². The van der Waals surface area contributed by atoms with Crippen LogP contribution in [0.2, 0.25) is 5.15 Å². The molecule has 1 aliphatic heterocycles. The highest BCUT2D eigenvalue weighted by molar-refractivity contribution is 6.29. The average Bonchev–Trinajstić information content (AvgIpc) is 2.91. The molecule has 1 aromatic rings. The van der Waals surface area contributed by atoms with Crippen LogP contribution < -0.4 is 5.32 Å². The molecule has 4 nitrogen and oxygen atoms in total. The van der Waals surface area contributed by atoms with Crippen LogP contribution in [0.1, 0.15) is 42.7 Å². The number of carbonyl (C=O) groups excluding carboxylic acids is 1. The Hall–Kier alpha value is -1.13. The number of carbonyl (C=O) groups is 1. The van der Waals surface area contributed by atoms with Crippen LogP contribution in [0.5, 0.6) is 0 Å². The van der Waals surface area contributed by atoms with Crippen molar-refractivity contribution in [2.45, 2.75) is 45.3 Å². The second-order valence-corrected chi connectivity index (χ2v) is 5.22. The van der Waals surface area contributed by atoms with Gasteiger partial charge in [-0.2, -0.15) is 0 Å². The molecule has 0 radical (unpaired) electrons. The van der Waals surface area contributed by atoms with Gasteiger partial charge in [-0.3, -0.25) is 4.79 Å². The van der Waals surface area contributed by atoms with Gasteiger partial charge in [0.25, 0.3) is 5.91 Å². The minimum Gasteiger partial charge on any atom is -0.376 e. The van der Waals surface area contributed by atoms with Crippen molar-refractivity contribution in [3.8, 4) is 0 Å². The molecular formula is C14H19ClN2O2. The maximum absolute atomic E-state index is 12.2. The number of aromatic nitrogens is 1. The van der Waals surface area contributed by atoms with Crippen molar-refractivity contribution in [2.24, 2.45) is 0 Å². The maximum atomic E-state index is 12.2. The van der Waals surface area contributed by atoms with E-state index in [-0.39, 0.29) is 18.1 Å². The number of hydrogen-bond acceptors (Lipinski definition) is 3. The Labute approximate surface area is 118 Å². The third-order valence-corrected chi connectivity index (χ3v) is 3.55. The van der Waals surface area contributed by atoms with Gasteiger partial charge in [0.1, 0.15) is 5.15 Å². The fraction of sp³-hybridized carbons (Fsp3) is 0.571. The average molecular weight is 283 g/mol. The van der Waals surface area contributed by atoms with Gasteiger partial charge in [-0.05, 0) is 38.3 Å². The molecule has 0 bridgehead atoms. The lowest BCUT2D eigenvalue weighted by atomic mass is 10.1. The van der Waals surface area contributed by atoms with Gasteiger partial charge in [0.2, 0.25) is 0 Å². The number of hydrogen-bond donors (Lipinski definition) is 1. The molecule has 2 atom stereocenters. The van der Waals surface area contributed by atoms with Crippen molar-refractivity contribution in [1.29, 1.82) is 0 Å². The second-order valence-electron chi connectivity index (χ2n) is 4.84. The predicted molar refractivity (Wildman–Crippen MR) is 74.5 cm³/mol. The normalized spacial score (nSPS) is 20.3. The molecule has 2 rings (SSSR count). The molecule has 0 aromatic carbocycles. The lowest BCUT2D eigenvalue weighted by Gasteiger charge is -2.20. The summed E-state index contributed by atoms with van der Waals surface area (Å²) in [5.41, 5.74) is 1.38. The van der Waals surface area contributed by atoms with Crippen LogP contribution in [0.3, 0.4) is 0 Å². The Bertz CT molecular complexity index is 459. The minimum atomic E-state index is -0.123. The highest BCUT2D eigenvalue weighted by Crippen LogP contribution is 2.16. The van der Waals surface area contributed by atoms with E-state index in [1.54, 1.807) is 12.1 Å². The van der Waals surface area contributed by atoms with E-state index in [0.29, 0.717) is 10.7 Å². The van der Waals surface area contributed by atoms with Crippen molar-refractivity contribution in [3.63, 3.8) is 0 Å². The monoisotopic (exact) mass is 282 g/mol. The van der Waals surface area contributed by atoms with Crippen LogP contribution in [-0.4, -0.2) is 29.6 Å². The maximum Gasteiger partial charge on any atom is 0.251 e. The first kappa shape index (κ1) is 14.3. The molecule has 2 unspecified atom stereocenters. The Kier molecular flexibility index (Phi) is 4.77. The van der Waals surface area contributed by atoms with Gasteiger partial charge in [0.15, 0.2) is 0 Å². The summed E-state index contributed by atoms with van der Waals surface area (Å²) in [6.07, 6.45) is 2.93. The summed E-state index contributed by atoms with van der Waals surface area (Å²) >= 11 is 5.92. The summed E-state index contributed by atoms with van der Waals surface area (Å²) < 4.78 is 5.57. The molecule has 5 heteroatoms. The van der Waals surface area contributed by atoms with Crippen LogP contribution in [-0.2, 0) is 11.2 Å². The van der Waals surface area contributed by atoms with Crippen molar-refractivity contribution in [1.82, 2.24) is 10.3 Å². The fourth-order valence-corrected chi connectivity index (χ4v) is 2.47. The standard InChI is InChI=1S/C14H19ClN2O2/c1-3-11-7-10(8-13(15)17-11)14(18)16-9(2)12-5-4-6-19-12/h7-9,12H,3-6H2,1-2H3,(H,16,18). The number of ether oxygens (including phenoxy) is 1. The van der Waals surface area contributed by atoms with Gasteiger partial charge in [-0.25, -0.2) is 4.98 Å². The van der Waals surface area contributed by atoms with Crippen molar-refractivity contribution in [3.05, 3.63) is 28.5 Å². The molecule has 104 valence electrons. The molecular weight excluding hydrogens is 264 g/mol. The molecule has 1 aromatic heterocycles. The summed E-state index contributed by atoms with van der Waals surface area (Å²) in [4.78, 5) is 16.3. The summed E-state index contributed by atoms with van der Waals surface area (Å²) in [5, 5.41) is 3.32. The Balaban J connectivity index is 2.04. The number of halogens is 1. The van der Waals surface area contributed by atoms with Gasteiger partial charge in [0.05, 0.1) is 12.1 Å². The lowest BCUT2D eigenvalue weighted by Crippen LogP contribution is -2.40. The Morgan fingerprint density at radius 2 is 2.42 bits per heavy atom. The first-order valence-electron chi connectivity index (χ1n) is 6.69. The number of amides is 1. The second kappa shape index (κ2) is 6.35. The van der Waals surface area contributed by atoms with Gasteiger partial charge >= 0.3 is 0 Å². The fourth-order valence-electron chi connectivity index (χ4n) is 2.24. The van der Waals surface area contributed by atoms with Crippen LogP contribution in [0.25, 0.3) is 0 Å². The van der Waals surface area contributed by atoms with E-state index in [9.17, 15) is 4.79 Å². The minimum absolute atomic E-state index is 0.00650. The number of pyridine rings is 1. The third kappa shape index (κ3) is 3.67. The van der Waals surface area contributed by atoms with E-state index in [2.05, 4.69) is 10.3 Å². The molecule has 0 spiro atoms. The van der Waals surface area contributed by atoms with E-state index < -0.39 is 0 Å². The number of aryl methyl sites for hydroxylation is 1. The first-order chi connectivity index (χ1) is 9.10. The number of nitrogens with one attached hydrogen (secondary N) is 1. The topological polar surface area (TPSA) is 51.2 Å². The van der Waals surface area contributed by atoms with Gasteiger partial charge in [-0.1, -0.05) is 18.5 Å². The van der Waals surface area contributed by atoms with Crippen molar-refractivity contribution in [2.75, 3.05) is 6.61 Å². The zero-order chi connectivity index (χ0) is 13.8. The van der Waals surface area contributed by atoms with E-state index in [1.807, 2.05) is 13.8 Å². The number of nitrogens with zero attached hydrogens (tertiary/aromatic N) is 1. The molecule has 0 saturated carbocycles. The van der Waals surface area contributed by atoms with Gasteiger partial charge in [-0.15, -0.1) is 0 Å². The van der Waals surface area contributed by atoms with Gasteiger partial charge in [0, 0.05) is 17.9 Å². The highest BCUT2D eigenvalue weighted by Gasteiger charge is 2.24. The summed E-state index contributed by atoms with van der Waals surface area (Å²) in [7, 11) is 0. The largest absolute Gasteiger partial charge is 0.376 e. The molecule has 1 saturated heterocycles. The van der Waals surface area contributed by atoms with Crippen LogP contribution in [0, 0.1) is 0 Å². The van der Waals surface area contributed by atoms with Crippen LogP contribution in [0.15, 0.2) is 12.1 Å². The predicted octanol–water partition coefficient (Wildman–Crippen LogP) is 2.59. The molecule has 2 heterocycles. The first-order valence-corrected chi connectivity index (χ1v) is 7.07. The van der Waals surface area contributed by atoms with Crippen molar-refractivity contribution >= 4 is 17.5 Å². The third-order valence-electron chi connectivity index (χ3n) is 3.35. The molecule has 1 aliphatic rings. The van der Waals surface area contributed by atoms with Gasteiger partial charge < -0.3 is 10.1 Å². The van der Waals surface area contributed by atoms with Crippen molar-refractivity contribution < 1.29 is 9.53 Å². The molecule has 1 amide bonds. The molecule has 1 fully saturated rings. The molecule has 1 N–H and O–H groups in total. The SMILES string of the molecule is CCc1cc(C(=O)NC(C)C2CCCO2)cc(Cl)n1. The van der Waals surface area contributed by atoms with Crippen LogP contribution >= 0.6 is 11.6 Å². The quantitative estimate of drug-likeness (QED) is 0.864. The van der Waals surface area contributed by atoms with E-state index >= 15 is 0 Å². The molecule has 19 heavy (non-hydrogen) atoms. The number of rotatable bonds is 4. The lowest BCUT2D eigenvalue weighted by molar-refractivity contribution is 0.0712. The highest BCUT2D eigenvalue weighted by atomic mass is 35.5. The van der Waals surface area contributed by atoms with E-state index in [1.165, 1.54) is 0 Å². The summed E-state index contributed by atoms with van der Waals surface area (Å²) in [6.45, 7) is 4.73. The summed E-state index contributed by atoms with van der Waals surface area (Å²) in [6, 6.07) is 3.38. The zero-order valence-corrected chi connectivity index (χ0v) is 12.0. The zero-order valence-electron chi connectivity index (χ0n) is 11.3. The smallest absolute Gasteiger partial charge is 0.251 e. The van der Waals surface area contributed by atoms with E-state index in [4.69, 9.17) is 16.3 Å². The Morgan fingerprint density at radius 3 is 3.05 bits per heavy atom. The van der Waals surface area contributed by atoms with E-state index in [0.717, 1.165) is 31.6 Å². The Morgan fingerprint density at radius 1 is 1.63 bits per heavy atom. The summed E-state index contributed by atoms with van der Waals surface area (Å²) in [5.74, 6) is -0.123.